The fourth-order valence-corrected chi connectivity index (χ4v) is 4.68. The van der Waals surface area contributed by atoms with Crippen LogP contribution in [0, 0.1) is 29.1 Å². The Hall–Kier alpha value is -1.05. The van der Waals surface area contributed by atoms with Crippen LogP contribution in [0.15, 0.2) is 23.8 Å². The molecule has 0 aliphatic heterocycles. The normalized spacial score (nSPS) is 45.1. The average Bonchev–Trinajstić information content (AvgIpc) is 2.37. The third-order valence-corrected chi connectivity index (χ3v) is 5.81. The molecule has 2 heteroatoms. The highest BCUT2D eigenvalue weighted by Gasteiger charge is 2.46. The van der Waals surface area contributed by atoms with E-state index in [0.717, 1.165) is 24.2 Å². The van der Waals surface area contributed by atoms with E-state index in [1.165, 1.54) is 31.3 Å². The van der Waals surface area contributed by atoms with E-state index in [4.69, 9.17) is 0 Å². The van der Waals surface area contributed by atoms with Crippen LogP contribution in [-0.2, 0) is 4.79 Å². The summed E-state index contributed by atoms with van der Waals surface area (Å²) < 4.78 is 0. The summed E-state index contributed by atoms with van der Waals surface area (Å²) in [5.41, 5.74) is 1.52. The number of carboxylic acid groups (broad SMARTS) is 1. The minimum atomic E-state index is -0.717. The van der Waals surface area contributed by atoms with Gasteiger partial charge in [0.15, 0.2) is 0 Å². The first-order valence-corrected chi connectivity index (χ1v) is 7.64. The molecule has 0 amide bonds. The highest BCUT2D eigenvalue weighted by Crippen LogP contribution is 2.56. The van der Waals surface area contributed by atoms with E-state index in [-0.39, 0.29) is 5.41 Å². The summed E-state index contributed by atoms with van der Waals surface area (Å²) >= 11 is 0. The van der Waals surface area contributed by atoms with Crippen LogP contribution in [0.3, 0.4) is 0 Å². The van der Waals surface area contributed by atoms with Gasteiger partial charge in [-0.25, -0.2) is 0 Å². The molecule has 2 fully saturated rings. The Morgan fingerprint density at radius 3 is 2.89 bits per heavy atom. The highest BCUT2D eigenvalue weighted by atomic mass is 16.4. The van der Waals surface area contributed by atoms with Gasteiger partial charge in [0.25, 0.3) is 0 Å². The number of aliphatic carboxylic acids is 1. The first-order chi connectivity index (χ1) is 9.00. The molecule has 0 saturated heterocycles. The summed E-state index contributed by atoms with van der Waals surface area (Å²) in [5.74, 6) is 1.33. The van der Waals surface area contributed by atoms with Crippen LogP contribution in [-0.4, -0.2) is 11.1 Å². The van der Waals surface area contributed by atoms with E-state index in [2.05, 4.69) is 19.9 Å². The van der Waals surface area contributed by atoms with Crippen LogP contribution in [0.25, 0.3) is 0 Å². The maximum Gasteiger partial charge on any atom is 0.314 e. The summed E-state index contributed by atoms with van der Waals surface area (Å²) in [7, 11) is 0. The maximum atomic E-state index is 11.2. The van der Waals surface area contributed by atoms with Gasteiger partial charge in [-0.05, 0) is 43.4 Å². The van der Waals surface area contributed by atoms with Gasteiger partial charge in [0.05, 0.1) is 5.92 Å². The zero-order chi connectivity index (χ0) is 13.6. The van der Waals surface area contributed by atoms with E-state index in [1.54, 1.807) is 0 Å². The first kappa shape index (κ1) is 13.0. The molecule has 4 unspecified atom stereocenters. The van der Waals surface area contributed by atoms with Crippen molar-refractivity contribution in [1.82, 2.24) is 0 Å². The number of hydrogen-bond acceptors (Lipinski definition) is 1. The zero-order valence-corrected chi connectivity index (χ0v) is 11.9. The number of carboxylic acids is 1. The summed E-state index contributed by atoms with van der Waals surface area (Å²) in [5, 5.41) is 9.18. The summed E-state index contributed by atoms with van der Waals surface area (Å²) in [4.78, 5) is 11.2. The van der Waals surface area contributed by atoms with Crippen molar-refractivity contribution >= 4 is 5.97 Å². The lowest BCUT2D eigenvalue weighted by molar-refractivity contribution is -0.138. The molecule has 5 atom stereocenters. The highest BCUT2D eigenvalue weighted by molar-refractivity contribution is 5.75. The zero-order valence-electron chi connectivity index (χ0n) is 11.9. The topological polar surface area (TPSA) is 37.3 Å². The molecule has 3 aliphatic rings. The molecule has 2 nitrogen and oxygen atoms in total. The molecule has 3 aliphatic carbocycles. The summed E-state index contributed by atoms with van der Waals surface area (Å²) in [6, 6.07) is 0. The number of rotatable bonds is 1. The maximum absolute atomic E-state index is 11.2. The Kier molecular flexibility index (Phi) is 3.07. The minimum Gasteiger partial charge on any atom is -0.481 e. The van der Waals surface area contributed by atoms with Gasteiger partial charge in [0, 0.05) is 5.41 Å². The van der Waals surface area contributed by atoms with Gasteiger partial charge in [0.2, 0.25) is 0 Å². The second kappa shape index (κ2) is 4.50. The van der Waals surface area contributed by atoms with Crippen LogP contribution < -0.4 is 0 Å². The molecule has 0 aromatic rings. The molecule has 19 heavy (non-hydrogen) atoms. The Bertz CT molecular complexity index is 448. The molecule has 104 valence electrons. The Labute approximate surface area is 115 Å². The van der Waals surface area contributed by atoms with Gasteiger partial charge < -0.3 is 5.11 Å². The SMILES string of the molecule is C[C@H]1CCC2C(CCC3=CC(C(=O)O)C=CC32C)C1. The molecule has 0 heterocycles. The number of carbonyl (C=O) groups is 1. The fraction of sp³-hybridized carbons (Fsp3) is 0.706. The van der Waals surface area contributed by atoms with E-state index in [9.17, 15) is 9.90 Å². The second-order valence-corrected chi connectivity index (χ2v) is 7.02. The van der Waals surface area contributed by atoms with Crippen molar-refractivity contribution in [2.45, 2.75) is 46.0 Å². The molecule has 0 aromatic heterocycles. The van der Waals surface area contributed by atoms with E-state index >= 15 is 0 Å². The lowest BCUT2D eigenvalue weighted by Gasteiger charge is -2.51. The fourth-order valence-electron chi connectivity index (χ4n) is 4.68. The molecule has 1 N–H and O–H groups in total. The van der Waals surface area contributed by atoms with Crippen LogP contribution in [0.4, 0.5) is 0 Å². The number of fused-ring (bicyclic) bond motifs is 3. The predicted octanol–water partition coefficient (Wildman–Crippen LogP) is 4.04. The third kappa shape index (κ3) is 2.05. The van der Waals surface area contributed by atoms with Gasteiger partial charge in [-0.15, -0.1) is 0 Å². The van der Waals surface area contributed by atoms with Crippen LogP contribution in [0.5, 0.6) is 0 Å². The van der Waals surface area contributed by atoms with Crippen molar-refractivity contribution in [1.29, 1.82) is 0 Å². The van der Waals surface area contributed by atoms with Crippen molar-refractivity contribution in [3.63, 3.8) is 0 Å². The standard InChI is InChI=1S/C17H24O2/c1-11-3-6-15-12(9-11)4-5-14-10-13(16(18)19)7-8-17(14,15)2/h7-8,10-13,15H,3-6,9H2,1-2H3,(H,18,19)/t11-,12?,13?,15?,17?/m0/s1. The van der Waals surface area contributed by atoms with Crippen molar-refractivity contribution in [3.8, 4) is 0 Å². The number of hydrogen-bond donors (Lipinski definition) is 1. The molecule has 2 saturated carbocycles. The number of allylic oxidation sites excluding steroid dienone is 2. The summed E-state index contributed by atoms with van der Waals surface area (Å²) in [6.07, 6.45) is 12.5. The van der Waals surface area contributed by atoms with Gasteiger partial charge in [-0.1, -0.05) is 44.1 Å². The van der Waals surface area contributed by atoms with Gasteiger partial charge in [0.1, 0.15) is 0 Å². The van der Waals surface area contributed by atoms with E-state index in [0.29, 0.717) is 0 Å². The Morgan fingerprint density at radius 1 is 1.37 bits per heavy atom. The quantitative estimate of drug-likeness (QED) is 0.723. The van der Waals surface area contributed by atoms with Gasteiger partial charge in [-0.2, -0.15) is 0 Å². The van der Waals surface area contributed by atoms with Crippen molar-refractivity contribution in [2.75, 3.05) is 0 Å². The van der Waals surface area contributed by atoms with E-state index < -0.39 is 11.9 Å². The lowest BCUT2D eigenvalue weighted by atomic mass is 9.53. The molecule has 0 bridgehead atoms. The third-order valence-electron chi connectivity index (χ3n) is 5.81. The average molecular weight is 260 g/mol. The van der Waals surface area contributed by atoms with Gasteiger partial charge in [-0.3, -0.25) is 4.79 Å². The molecular weight excluding hydrogens is 236 g/mol. The molecule has 3 rings (SSSR count). The summed E-state index contributed by atoms with van der Waals surface area (Å²) in [6.45, 7) is 4.71. The monoisotopic (exact) mass is 260 g/mol. The van der Waals surface area contributed by atoms with Crippen molar-refractivity contribution < 1.29 is 9.90 Å². The van der Waals surface area contributed by atoms with Crippen LogP contribution in [0.2, 0.25) is 0 Å². The largest absolute Gasteiger partial charge is 0.481 e. The lowest BCUT2D eigenvalue weighted by Crippen LogP contribution is -2.42. The predicted molar refractivity (Wildman–Crippen MR) is 75.7 cm³/mol. The van der Waals surface area contributed by atoms with Gasteiger partial charge >= 0.3 is 5.97 Å². The van der Waals surface area contributed by atoms with Crippen LogP contribution in [0.1, 0.15) is 46.0 Å². The molecule has 0 aromatic carbocycles. The molecule has 0 spiro atoms. The minimum absolute atomic E-state index is 0.134. The second-order valence-electron chi connectivity index (χ2n) is 7.02. The Balaban J connectivity index is 1.89. The first-order valence-electron chi connectivity index (χ1n) is 7.64. The van der Waals surface area contributed by atoms with Crippen LogP contribution >= 0.6 is 0 Å². The van der Waals surface area contributed by atoms with Crippen molar-refractivity contribution in [2.24, 2.45) is 29.1 Å². The van der Waals surface area contributed by atoms with E-state index in [1.807, 2.05) is 12.2 Å². The smallest absolute Gasteiger partial charge is 0.314 e. The molecular formula is C17H24O2. The molecule has 0 radical (unpaired) electrons. The Morgan fingerprint density at radius 2 is 2.16 bits per heavy atom. The van der Waals surface area contributed by atoms with Crippen molar-refractivity contribution in [3.05, 3.63) is 23.8 Å².